The summed E-state index contributed by atoms with van der Waals surface area (Å²) in [5.74, 6) is -1.22. The molecule has 0 aliphatic heterocycles. The highest BCUT2D eigenvalue weighted by Gasteiger charge is 2.30. The standard InChI is InChI=1S/C29H37F3N8O3/c30-29(31,32)21-9-7-19(8-10-21)16-25(27(42)38-22-17-20-4-1-2-6-24(20)37-18-22)39-26(41)23(35)5-3-13-36-28(43)40(14-11-33)15-12-34/h1-2,4,6-10,17-18,23,25H,3,5,11-16,33-35H2,(H,36,43)(H,38,42)(H,39,41). The molecule has 4 amide bonds. The molecule has 0 spiro atoms. The lowest BCUT2D eigenvalue weighted by Crippen LogP contribution is -2.51. The third-order valence-corrected chi connectivity index (χ3v) is 6.60. The van der Waals surface area contributed by atoms with Crippen molar-refractivity contribution in [2.75, 3.05) is 38.0 Å². The highest BCUT2D eigenvalue weighted by atomic mass is 19.4. The number of hydrogen-bond acceptors (Lipinski definition) is 7. The van der Waals surface area contributed by atoms with Gasteiger partial charge in [0.1, 0.15) is 6.04 Å². The fourth-order valence-corrected chi connectivity index (χ4v) is 4.31. The monoisotopic (exact) mass is 602 g/mol. The molecule has 11 nitrogen and oxygen atoms in total. The molecule has 3 rings (SSSR count). The van der Waals surface area contributed by atoms with Crippen molar-refractivity contribution in [2.45, 2.75) is 37.5 Å². The topological polar surface area (TPSA) is 181 Å². The number of alkyl halides is 3. The Hall–Kier alpha value is -4.27. The van der Waals surface area contributed by atoms with Crippen LogP contribution in [0, 0.1) is 0 Å². The summed E-state index contributed by atoms with van der Waals surface area (Å²) < 4.78 is 39.1. The normalized spacial score (nSPS) is 12.8. The molecule has 0 aliphatic carbocycles. The number of pyridine rings is 1. The number of urea groups is 1. The zero-order chi connectivity index (χ0) is 31.4. The molecule has 0 fully saturated rings. The predicted molar refractivity (Wildman–Crippen MR) is 158 cm³/mol. The molecule has 2 atom stereocenters. The molecule has 232 valence electrons. The number of halogens is 3. The van der Waals surface area contributed by atoms with Crippen molar-refractivity contribution in [3.63, 3.8) is 0 Å². The number of fused-ring (bicyclic) bond motifs is 1. The van der Waals surface area contributed by atoms with Crippen molar-refractivity contribution in [1.29, 1.82) is 0 Å². The molecule has 1 aromatic heterocycles. The minimum atomic E-state index is -4.51. The molecule has 0 saturated carbocycles. The molecular formula is C29H37F3N8O3. The SMILES string of the molecule is NCCN(CCN)C(=O)NCCCC(N)C(=O)NC(Cc1ccc(C(F)(F)F)cc1)C(=O)Nc1cnc2ccccc2c1. The third-order valence-electron chi connectivity index (χ3n) is 6.60. The average molecular weight is 603 g/mol. The van der Waals surface area contributed by atoms with E-state index in [1.54, 1.807) is 6.07 Å². The van der Waals surface area contributed by atoms with E-state index in [-0.39, 0.29) is 38.5 Å². The van der Waals surface area contributed by atoms with E-state index < -0.39 is 35.6 Å². The van der Waals surface area contributed by atoms with Gasteiger partial charge in [0.05, 0.1) is 29.0 Å². The summed E-state index contributed by atoms with van der Waals surface area (Å²) in [5.41, 5.74) is 17.8. The fourth-order valence-electron chi connectivity index (χ4n) is 4.31. The third kappa shape index (κ3) is 10.2. The van der Waals surface area contributed by atoms with Crippen LogP contribution in [0.2, 0.25) is 0 Å². The van der Waals surface area contributed by atoms with E-state index in [4.69, 9.17) is 17.2 Å². The van der Waals surface area contributed by atoms with Gasteiger partial charge in [-0.15, -0.1) is 0 Å². The van der Waals surface area contributed by atoms with Gasteiger partial charge in [-0.1, -0.05) is 30.3 Å². The van der Waals surface area contributed by atoms with Crippen LogP contribution in [-0.4, -0.2) is 72.5 Å². The first-order valence-electron chi connectivity index (χ1n) is 13.8. The molecule has 1 heterocycles. The maximum absolute atomic E-state index is 13.3. The van der Waals surface area contributed by atoms with Crippen LogP contribution in [-0.2, 0) is 22.2 Å². The van der Waals surface area contributed by atoms with Crippen molar-refractivity contribution in [2.24, 2.45) is 17.2 Å². The van der Waals surface area contributed by atoms with Crippen molar-refractivity contribution in [3.8, 4) is 0 Å². The first kappa shape index (κ1) is 33.2. The molecule has 9 N–H and O–H groups in total. The maximum Gasteiger partial charge on any atom is 0.416 e. The molecule has 3 aromatic rings. The molecule has 2 aromatic carbocycles. The number of nitrogens with two attached hydrogens (primary N) is 3. The molecule has 14 heteroatoms. The van der Waals surface area contributed by atoms with Crippen LogP contribution in [0.1, 0.15) is 24.0 Å². The van der Waals surface area contributed by atoms with Gasteiger partial charge in [-0.25, -0.2) is 4.79 Å². The first-order chi connectivity index (χ1) is 20.5. The number of nitrogens with one attached hydrogen (secondary N) is 3. The van der Waals surface area contributed by atoms with Crippen LogP contribution in [0.15, 0.2) is 60.8 Å². The molecule has 2 unspecified atom stereocenters. The van der Waals surface area contributed by atoms with E-state index in [9.17, 15) is 27.6 Å². The Morgan fingerprint density at radius 2 is 1.63 bits per heavy atom. The highest BCUT2D eigenvalue weighted by molar-refractivity contribution is 5.99. The number of nitrogens with zero attached hydrogens (tertiary/aromatic N) is 2. The smallest absolute Gasteiger partial charge is 0.343 e. The lowest BCUT2D eigenvalue weighted by Gasteiger charge is -2.22. The van der Waals surface area contributed by atoms with E-state index in [2.05, 4.69) is 20.9 Å². The predicted octanol–water partition coefficient (Wildman–Crippen LogP) is 1.96. The van der Waals surface area contributed by atoms with E-state index in [1.165, 1.54) is 23.2 Å². The van der Waals surface area contributed by atoms with Gasteiger partial charge >= 0.3 is 12.2 Å². The van der Waals surface area contributed by atoms with E-state index in [0.717, 1.165) is 23.0 Å². The number of rotatable bonds is 14. The van der Waals surface area contributed by atoms with E-state index >= 15 is 0 Å². The minimum Gasteiger partial charge on any atom is -0.343 e. The number of anilines is 1. The Morgan fingerprint density at radius 3 is 2.28 bits per heavy atom. The van der Waals surface area contributed by atoms with Gasteiger partial charge in [0, 0.05) is 44.5 Å². The van der Waals surface area contributed by atoms with Gasteiger partial charge in [0.15, 0.2) is 0 Å². The zero-order valence-corrected chi connectivity index (χ0v) is 23.6. The van der Waals surface area contributed by atoms with Crippen molar-refractivity contribution in [1.82, 2.24) is 20.5 Å². The lowest BCUT2D eigenvalue weighted by atomic mass is 10.0. The minimum absolute atomic E-state index is 0.0857. The van der Waals surface area contributed by atoms with Crippen molar-refractivity contribution in [3.05, 3.63) is 71.9 Å². The summed E-state index contributed by atoms with van der Waals surface area (Å²) in [7, 11) is 0. The van der Waals surface area contributed by atoms with Gasteiger partial charge < -0.3 is 38.1 Å². The summed E-state index contributed by atoms with van der Waals surface area (Å²) in [6.45, 7) is 1.52. The molecule has 43 heavy (non-hydrogen) atoms. The highest BCUT2D eigenvalue weighted by Crippen LogP contribution is 2.29. The molecule has 0 aliphatic rings. The molecule has 0 bridgehead atoms. The number of para-hydroxylation sites is 1. The van der Waals surface area contributed by atoms with Crippen LogP contribution in [0.5, 0.6) is 0 Å². The summed E-state index contributed by atoms with van der Waals surface area (Å²) in [4.78, 5) is 44.3. The second-order valence-corrected chi connectivity index (χ2v) is 9.91. The van der Waals surface area contributed by atoms with Gasteiger partial charge in [-0.3, -0.25) is 14.6 Å². The summed E-state index contributed by atoms with van der Waals surface area (Å²) in [5, 5.41) is 8.87. The average Bonchev–Trinajstić information content (AvgIpc) is 2.98. The number of carbonyl (C=O) groups excluding carboxylic acids is 3. The Labute approximate surface area is 247 Å². The zero-order valence-electron chi connectivity index (χ0n) is 23.6. The summed E-state index contributed by atoms with van der Waals surface area (Å²) in [6, 6.07) is 10.9. The van der Waals surface area contributed by atoms with Gasteiger partial charge in [-0.2, -0.15) is 13.2 Å². The van der Waals surface area contributed by atoms with Gasteiger partial charge in [-0.05, 0) is 42.7 Å². The van der Waals surface area contributed by atoms with Crippen LogP contribution in [0.3, 0.4) is 0 Å². The Morgan fingerprint density at radius 1 is 0.953 bits per heavy atom. The van der Waals surface area contributed by atoms with Gasteiger partial charge in [0.2, 0.25) is 11.8 Å². The summed E-state index contributed by atoms with van der Waals surface area (Å²) in [6.07, 6.45) is -2.55. The van der Waals surface area contributed by atoms with E-state index in [1.807, 2.05) is 24.3 Å². The van der Waals surface area contributed by atoms with Crippen LogP contribution in [0.4, 0.5) is 23.7 Å². The number of benzene rings is 2. The Balaban J connectivity index is 1.65. The van der Waals surface area contributed by atoms with Crippen LogP contribution >= 0.6 is 0 Å². The molecular weight excluding hydrogens is 565 g/mol. The second kappa shape index (κ2) is 15.8. The Bertz CT molecular complexity index is 1370. The molecule has 0 radical (unpaired) electrons. The maximum atomic E-state index is 13.3. The summed E-state index contributed by atoms with van der Waals surface area (Å²) >= 11 is 0. The van der Waals surface area contributed by atoms with Crippen molar-refractivity contribution >= 4 is 34.4 Å². The van der Waals surface area contributed by atoms with Gasteiger partial charge in [0.25, 0.3) is 0 Å². The molecule has 0 saturated heterocycles. The first-order valence-corrected chi connectivity index (χ1v) is 13.8. The number of amides is 4. The van der Waals surface area contributed by atoms with Crippen LogP contribution in [0.25, 0.3) is 10.9 Å². The number of aromatic nitrogens is 1. The number of hydrogen-bond donors (Lipinski definition) is 6. The largest absolute Gasteiger partial charge is 0.416 e. The fraction of sp³-hybridized carbons (Fsp3) is 0.379. The van der Waals surface area contributed by atoms with Crippen LogP contribution < -0.4 is 33.2 Å². The Kier molecular flexibility index (Phi) is 12.2. The second-order valence-electron chi connectivity index (χ2n) is 9.91. The van der Waals surface area contributed by atoms with E-state index in [0.29, 0.717) is 30.8 Å². The van der Waals surface area contributed by atoms with Crippen molar-refractivity contribution < 1.29 is 27.6 Å². The number of carbonyl (C=O) groups is 3. The quantitative estimate of drug-likeness (QED) is 0.153. The lowest BCUT2D eigenvalue weighted by molar-refractivity contribution is -0.137.